The average molecular weight is 245 g/mol. The summed E-state index contributed by atoms with van der Waals surface area (Å²) < 4.78 is 37.4. The van der Waals surface area contributed by atoms with E-state index in [0.717, 1.165) is 25.3 Å². The fourth-order valence-corrected chi connectivity index (χ4v) is 1.92. The zero-order valence-corrected chi connectivity index (χ0v) is 9.22. The van der Waals surface area contributed by atoms with Crippen molar-refractivity contribution in [3.05, 3.63) is 23.9 Å². The summed E-state index contributed by atoms with van der Waals surface area (Å²) >= 11 is 0. The number of nitrogens with two attached hydrogens (primary N) is 1. The molecular formula is C11H14F3N3. The summed E-state index contributed by atoms with van der Waals surface area (Å²) in [6.07, 6.45) is -1.61. The molecule has 1 aromatic rings. The molecule has 6 heteroatoms. The molecule has 0 radical (unpaired) electrons. The highest BCUT2D eigenvalue weighted by Crippen LogP contribution is 2.35. The maximum absolute atomic E-state index is 12.5. The molecule has 0 amide bonds. The number of halogens is 3. The Morgan fingerprint density at radius 1 is 1.35 bits per heavy atom. The Labute approximate surface area is 97.2 Å². The van der Waals surface area contributed by atoms with Gasteiger partial charge < -0.3 is 11.1 Å². The van der Waals surface area contributed by atoms with Crippen molar-refractivity contribution >= 4 is 5.82 Å². The first-order valence-electron chi connectivity index (χ1n) is 5.48. The molecule has 1 heterocycles. The minimum absolute atomic E-state index is 0.241. The topological polar surface area (TPSA) is 50.9 Å². The molecular weight excluding hydrogens is 231 g/mol. The molecule has 2 rings (SSSR count). The van der Waals surface area contributed by atoms with Crippen LogP contribution in [-0.2, 0) is 6.18 Å². The molecule has 1 aliphatic rings. The first kappa shape index (κ1) is 12.2. The van der Waals surface area contributed by atoms with Crippen molar-refractivity contribution in [3.8, 4) is 0 Å². The van der Waals surface area contributed by atoms with Crippen molar-refractivity contribution in [2.45, 2.75) is 31.0 Å². The zero-order valence-electron chi connectivity index (χ0n) is 9.22. The number of anilines is 1. The molecule has 1 saturated carbocycles. The molecule has 0 aromatic carbocycles. The van der Waals surface area contributed by atoms with Crippen molar-refractivity contribution in [2.24, 2.45) is 5.73 Å². The van der Waals surface area contributed by atoms with Crippen LogP contribution >= 0.6 is 0 Å². The van der Waals surface area contributed by atoms with Gasteiger partial charge in [-0.1, -0.05) is 6.07 Å². The number of hydrogen-bond acceptors (Lipinski definition) is 3. The van der Waals surface area contributed by atoms with Gasteiger partial charge in [-0.15, -0.1) is 0 Å². The van der Waals surface area contributed by atoms with E-state index in [0.29, 0.717) is 6.54 Å². The van der Waals surface area contributed by atoms with E-state index in [-0.39, 0.29) is 11.4 Å². The maximum atomic E-state index is 12.5. The molecule has 0 atom stereocenters. The fraction of sp³-hybridized carbons (Fsp3) is 0.545. The van der Waals surface area contributed by atoms with Gasteiger partial charge in [0.1, 0.15) is 11.5 Å². The van der Waals surface area contributed by atoms with Gasteiger partial charge in [0.15, 0.2) is 0 Å². The van der Waals surface area contributed by atoms with Crippen molar-refractivity contribution < 1.29 is 13.2 Å². The minimum atomic E-state index is -4.41. The monoisotopic (exact) mass is 245 g/mol. The second kappa shape index (κ2) is 4.18. The van der Waals surface area contributed by atoms with E-state index in [9.17, 15) is 13.2 Å². The van der Waals surface area contributed by atoms with Crippen molar-refractivity contribution in [2.75, 3.05) is 11.9 Å². The van der Waals surface area contributed by atoms with Gasteiger partial charge in [-0.25, -0.2) is 4.98 Å². The molecule has 0 aliphatic heterocycles. The Hall–Kier alpha value is -1.30. The molecule has 0 bridgehead atoms. The first-order chi connectivity index (χ1) is 7.95. The summed E-state index contributed by atoms with van der Waals surface area (Å²) in [6.45, 7) is 0.408. The highest BCUT2D eigenvalue weighted by atomic mass is 19.4. The molecule has 94 valence electrons. The summed E-state index contributed by atoms with van der Waals surface area (Å²) in [5.74, 6) is 0.241. The van der Waals surface area contributed by atoms with Crippen LogP contribution in [0.2, 0.25) is 0 Å². The summed E-state index contributed by atoms with van der Waals surface area (Å²) in [6, 6.07) is 3.84. The lowest BCUT2D eigenvalue weighted by Crippen LogP contribution is -2.51. The number of nitrogens with zero attached hydrogens (tertiary/aromatic N) is 1. The molecule has 17 heavy (non-hydrogen) atoms. The van der Waals surface area contributed by atoms with Gasteiger partial charge in [-0.2, -0.15) is 13.2 Å². The van der Waals surface area contributed by atoms with Crippen LogP contribution < -0.4 is 11.1 Å². The predicted molar refractivity (Wildman–Crippen MR) is 58.5 cm³/mol. The van der Waals surface area contributed by atoms with E-state index < -0.39 is 11.9 Å². The minimum Gasteiger partial charge on any atom is -0.363 e. The fourth-order valence-electron chi connectivity index (χ4n) is 1.92. The van der Waals surface area contributed by atoms with Crippen LogP contribution in [0.25, 0.3) is 0 Å². The zero-order chi connectivity index (χ0) is 12.5. The van der Waals surface area contributed by atoms with Crippen molar-refractivity contribution in [1.82, 2.24) is 4.98 Å². The van der Waals surface area contributed by atoms with E-state index in [4.69, 9.17) is 5.73 Å². The summed E-state index contributed by atoms with van der Waals surface area (Å²) in [7, 11) is 0. The third-order valence-electron chi connectivity index (χ3n) is 3.13. The Morgan fingerprint density at radius 3 is 2.53 bits per heavy atom. The van der Waals surface area contributed by atoms with E-state index in [2.05, 4.69) is 10.3 Å². The highest BCUT2D eigenvalue weighted by molar-refractivity contribution is 5.40. The number of rotatable bonds is 3. The Morgan fingerprint density at radius 2 is 2.06 bits per heavy atom. The normalized spacial score (nSPS) is 18.6. The smallest absolute Gasteiger partial charge is 0.363 e. The van der Waals surface area contributed by atoms with E-state index in [1.54, 1.807) is 0 Å². The molecule has 3 N–H and O–H groups in total. The predicted octanol–water partition coefficient (Wildman–Crippen LogP) is 2.39. The van der Waals surface area contributed by atoms with Crippen LogP contribution in [0.4, 0.5) is 19.0 Å². The molecule has 0 unspecified atom stereocenters. The Bertz CT molecular complexity index is 394. The molecule has 3 nitrogen and oxygen atoms in total. The van der Waals surface area contributed by atoms with Crippen molar-refractivity contribution in [3.63, 3.8) is 0 Å². The van der Waals surface area contributed by atoms with Crippen LogP contribution in [0.3, 0.4) is 0 Å². The summed E-state index contributed by atoms with van der Waals surface area (Å²) in [4.78, 5) is 3.57. The second-order valence-electron chi connectivity index (χ2n) is 4.37. The van der Waals surface area contributed by atoms with Gasteiger partial charge in [0, 0.05) is 6.54 Å². The van der Waals surface area contributed by atoms with Crippen LogP contribution in [-0.4, -0.2) is 17.1 Å². The van der Waals surface area contributed by atoms with Gasteiger partial charge >= 0.3 is 6.18 Å². The molecule has 1 aromatic heterocycles. The van der Waals surface area contributed by atoms with Gasteiger partial charge in [0.25, 0.3) is 0 Å². The average Bonchev–Trinajstić information content (AvgIpc) is 2.23. The van der Waals surface area contributed by atoms with E-state index >= 15 is 0 Å². The maximum Gasteiger partial charge on any atom is 0.433 e. The Balaban J connectivity index is 2.17. The third kappa shape index (κ3) is 2.52. The van der Waals surface area contributed by atoms with E-state index in [1.165, 1.54) is 12.1 Å². The second-order valence-corrected chi connectivity index (χ2v) is 4.37. The van der Waals surface area contributed by atoms with Gasteiger partial charge in [0.05, 0.1) is 5.54 Å². The van der Waals surface area contributed by atoms with Crippen LogP contribution in [0.5, 0.6) is 0 Å². The quantitative estimate of drug-likeness (QED) is 0.859. The molecule has 0 spiro atoms. The van der Waals surface area contributed by atoms with E-state index in [1.807, 2.05) is 0 Å². The molecule has 1 aliphatic carbocycles. The largest absolute Gasteiger partial charge is 0.433 e. The Kier molecular flexibility index (Phi) is 2.99. The standard InChI is InChI=1S/C11H14F3N3/c12-11(13,14)8-3-1-4-9(16-8)17-10(7-15)5-2-6-10/h1,3-4H,2,5-7,15H2,(H,16,17). The first-order valence-corrected chi connectivity index (χ1v) is 5.48. The lowest BCUT2D eigenvalue weighted by molar-refractivity contribution is -0.141. The highest BCUT2D eigenvalue weighted by Gasteiger charge is 2.37. The molecule has 1 fully saturated rings. The number of alkyl halides is 3. The van der Waals surface area contributed by atoms with Gasteiger partial charge in [0.2, 0.25) is 0 Å². The summed E-state index contributed by atoms with van der Waals surface area (Å²) in [5, 5.41) is 3.02. The van der Waals surface area contributed by atoms with Crippen LogP contribution in [0.1, 0.15) is 25.0 Å². The molecule has 0 saturated heterocycles. The number of hydrogen-bond donors (Lipinski definition) is 2. The van der Waals surface area contributed by atoms with Crippen LogP contribution in [0, 0.1) is 0 Å². The van der Waals surface area contributed by atoms with Crippen molar-refractivity contribution in [1.29, 1.82) is 0 Å². The number of nitrogens with one attached hydrogen (secondary N) is 1. The third-order valence-corrected chi connectivity index (χ3v) is 3.13. The van der Waals surface area contributed by atoms with Gasteiger partial charge in [-0.05, 0) is 31.4 Å². The van der Waals surface area contributed by atoms with Gasteiger partial charge in [-0.3, -0.25) is 0 Å². The lowest BCUT2D eigenvalue weighted by Gasteiger charge is -2.42. The number of pyridine rings is 1. The lowest BCUT2D eigenvalue weighted by atomic mass is 9.77. The number of aromatic nitrogens is 1. The van der Waals surface area contributed by atoms with Crippen LogP contribution in [0.15, 0.2) is 18.2 Å². The summed E-state index contributed by atoms with van der Waals surface area (Å²) in [5.41, 5.74) is 4.48. The SMILES string of the molecule is NCC1(Nc2cccc(C(F)(F)F)n2)CCC1.